The van der Waals surface area contributed by atoms with E-state index in [2.05, 4.69) is 10.6 Å². The Balaban J connectivity index is 1.66. The molecule has 142 valence electrons. The summed E-state index contributed by atoms with van der Waals surface area (Å²) in [7, 11) is 1.57. The number of hydrogen-bond acceptors (Lipinski definition) is 3. The van der Waals surface area contributed by atoms with Crippen LogP contribution < -0.4 is 10.6 Å². The van der Waals surface area contributed by atoms with Gasteiger partial charge in [0.2, 0.25) is 5.91 Å². The van der Waals surface area contributed by atoms with Crippen LogP contribution in [0.2, 0.25) is 0 Å². The smallest absolute Gasteiger partial charge is 0.251 e. The van der Waals surface area contributed by atoms with Crippen molar-refractivity contribution in [2.24, 2.45) is 0 Å². The van der Waals surface area contributed by atoms with Crippen molar-refractivity contribution >= 4 is 17.5 Å². The molecule has 0 bridgehead atoms. The van der Waals surface area contributed by atoms with Gasteiger partial charge in [-0.05, 0) is 50.1 Å². The highest BCUT2D eigenvalue weighted by atomic mass is 19.1. The second kappa shape index (κ2) is 8.31. The van der Waals surface area contributed by atoms with Crippen molar-refractivity contribution in [1.29, 1.82) is 0 Å². The summed E-state index contributed by atoms with van der Waals surface area (Å²) in [5.74, 6) is -0.579. The highest BCUT2D eigenvalue weighted by molar-refractivity contribution is 5.96. The molecule has 3 rings (SSSR count). The van der Waals surface area contributed by atoms with E-state index in [9.17, 15) is 14.0 Å². The normalized spacial score (nSPS) is 14.7. The van der Waals surface area contributed by atoms with E-state index in [0.29, 0.717) is 22.9 Å². The molecule has 1 atom stereocenters. The van der Waals surface area contributed by atoms with E-state index in [4.69, 9.17) is 0 Å². The first-order chi connectivity index (χ1) is 13.0. The van der Waals surface area contributed by atoms with Crippen LogP contribution in [0.3, 0.4) is 0 Å². The molecule has 0 saturated heterocycles. The highest BCUT2D eigenvalue weighted by Crippen LogP contribution is 2.34. The summed E-state index contributed by atoms with van der Waals surface area (Å²) in [6, 6.07) is 13.5. The molecule has 1 aliphatic carbocycles. The minimum absolute atomic E-state index is 0.155. The summed E-state index contributed by atoms with van der Waals surface area (Å²) < 4.78 is 14.1. The first-order valence-corrected chi connectivity index (χ1v) is 9.11. The molecular weight excluding hydrogens is 345 g/mol. The number of carbonyl (C=O) groups is 2. The molecule has 0 radical (unpaired) electrons. The number of halogens is 1. The van der Waals surface area contributed by atoms with Crippen LogP contribution in [-0.2, 0) is 4.79 Å². The monoisotopic (exact) mass is 369 g/mol. The maximum absolute atomic E-state index is 14.1. The van der Waals surface area contributed by atoms with Crippen molar-refractivity contribution in [2.45, 2.75) is 31.8 Å². The quantitative estimate of drug-likeness (QED) is 0.787. The lowest BCUT2D eigenvalue weighted by atomic mass is 10.1. The van der Waals surface area contributed by atoms with Crippen molar-refractivity contribution in [3.8, 4) is 0 Å². The predicted octanol–water partition coefficient (Wildman–Crippen LogP) is 3.35. The number of amides is 2. The molecule has 1 saturated carbocycles. The van der Waals surface area contributed by atoms with E-state index < -0.39 is 0 Å². The summed E-state index contributed by atoms with van der Waals surface area (Å²) in [6.07, 6.45) is 2.04. The number of nitrogens with one attached hydrogen (secondary N) is 2. The molecule has 0 spiro atoms. The van der Waals surface area contributed by atoms with Crippen LogP contribution in [0.15, 0.2) is 48.5 Å². The van der Waals surface area contributed by atoms with Gasteiger partial charge in [0.05, 0.1) is 6.54 Å². The third-order valence-electron chi connectivity index (χ3n) is 4.85. The predicted molar refractivity (Wildman–Crippen MR) is 103 cm³/mol. The molecule has 2 N–H and O–H groups in total. The zero-order valence-corrected chi connectivity index (χ0v) is 15.5. The Hall–Kier alpha value is -2.73. The van der Waals surface area contributed by atoms with E-state index in [0.717, 1.165) is 12.8 Å². The minimum Gasteiger partial charge on any atom is -0.355 e. The zero-order chi connectivity index (χ0) is 19.4. The molecule has 0 heterocycles. The van der Waals surface area contributed by atoms with Crippen molar-refractivity contribution in [2.75, 3.05) is 18.9 Å². The van der Waals surface area contributed by atoms with Crippen molar-refractivity contribution in [1.82, 2.24) is 10.2 Å². The molecule has 1 fully saturated rings. The Morgan fingerprint density at radius 1 is 1.15 bits per heavy atom. The second-order valence-corrected chi connectivity index (χ2v) is 6.81. The van der Waals surface area contributed by atoms with Crippen LogP contribution in [0, 0.1) is 5.82 Å². The topological polar surface area (TPSA) is 61.4 Å². The van der Waals surface area contributed by atoms with Crippen molar-refractivity contribution in [3.05, 3.63) is 65.5 Å². The van der Waals surface area contributed by atoms with E-state index in [-0.39, 0.29) is 30.2 Å². The molecule has 1 unspecified atom stereocenters. The third kappa shape index (κ3) is 4.71. The van der Waals surface area contributed by atoms with Crippen LogP contribution in [0.1, 0.15) is 41.7 Å². The zero-order valence-electron chi connectivity index (χ0n) is 15.5. The first-order valence-electron chi connectivity index (χ1n) is 9.11. The van der Waals surface area contributed by atoms with E-state index in [1.807, 2.05) is 17.9 Å². The van der Waals surface area contributed by atoms with Gasteiger partial charge < -0.3 is 10.6 Å². The molecule has 2 aromatic carbocycles. The van der Waals surface area contributed by atoms with E-state index >= 15 is 0 Å². The lowest BCUT2D eigenvalue weighted by Crippen LogP contribution is -2.37. The molecule has 5 nitrogen and oxygen atoms in total. The highest BCUT2D eigenvalue weighted by Gasteiger charge is 2.34. The lowest BCUT2D eigenvalue weighted by molar-refractivity contribution is -0.118. The fraction of sp³-hybridized carbons (Fsp3) is 0.333. The van der Waals surface area contributed by atoms with Crippen LogP contribution in [0.5, 0.6) is 0 Å². The van der Waals surface area contributed by atoms with Crippen molar-refractivity contribution in [3.63, 3.8) is 0 Å². The molecular formula is C21H24FN3O2. The van der Waals surface area contributed by atoms with Gasteiger partial charge >= 0.3 is 0 Å². The summed E-state index contributed by atoms with van der Waals surface area (Å²) in [6.45, 7) is 2.12. The number of hydrogen-bond donors (Lipinski definition) is 2. The van der Waals surface area contributed by atoms with Gasteiger partial charge in [-0.1, -0.05) is 18.2 Å². The number of benzene rings is 2. The molecule has 27 heavy (non-hydrogen) atoms. The standard InChI is InChI=1S/C21H24FN3O2/c1-14(18-5-3-4-6-19(18)22)25(17-11-12-17)13-20(26)24-16-9-7-15(8-10-16)21(27)23-2/h3-10,14,17H,11-13H2,1-2H3,(H,23,27)(H,24,26). The first kappa shape index (κ1) is 19.0. The van der Waals surface area contributed by atoms with Gasteiger partial charge in [-0.2, -0.15) is 0 Å². The Morgan fingerprint density at radius 3 is 2.41 bits per heavy atom. The number of anilines is 1. The van der Waals surface area contributed by atoms with Crippen LogP contribution in [-0.4, -0.2) is 36.3 Å². The SMILES string of the molecule is CNC(=O)c1ccc(NC(=O)CN(C2CC2)C(C)c2ccccc2F)cc1. The lowest BCUT2D eigenvalue weighted by Gasteiger charge is -2.29. The van der Waals surface area contributed by atoms with Gasteiger partial charge in [0.25, 0.3) is 5.91 Å². The van der Waals surface area contributed by atoms with E-state index in [1.54, 1.807) is 43.4 Å². The molecule has 1 aliphatic rings. The molecule has 0 aromatic heterocycles. The summed E-state index contributed by atoms with van der Waals surface area (Å²) in [5, 5.41) is 5.41. The second-order valence-electron chi connectivity index (χ2n) is 6.81. The molecule has 2 amide bonds. The largest absolute Gasteiger partial charge is 0.355 e. The Bertz CT molecular complexity index is 818. The van der Waals surface area contributed by atoms with Gasteiger partial charge in [-0.15, -0.1) is 0 Å². The number of rotatable bonds is 7. The Morgan fingerprint density at radius 2 is 1.81 bits per heavy atom. The van der Waals surface area contributed by atoms with Crippen LogP contribution in [0.25, 0.3) is 0 Å². The maximum atomic E-state index is 14.1. The fourth-order valence-electron chi connectivity index (χ4n) is 3.20. The average Bonchev–Trinajstić information content (AvgIpc) is 3.51. The third-order valence-corrected chi connectivity index (χ3v) is 4.85. The number of nitrogens with zero attached hydrogens (tertiary/aromatic N) is 1. The number of carbonyl (C=O) groups excluding carboxylic acids is 2. The van der Waals surface area contributed by atoms with Crippen molar-refractivity contribution < 1.29 is 14.0 Å². The maximum Gasteiger partial charge on any atom is 0.251 e. The van der Waals surface area contributed by atoms with Gasteiger partial charge in [-0.25, -0.2) is 4.39 Å². The molecule has 2 aromatic rings. The fourth-order valence-corrected chi connectivity index (χ4v) is 3.20. The molecule has 0 aliphatic heterocycles. The molecule has 6 heteroatoms. The summed E-state index contributed by atoms with van der Waals surface area (Å²) >= 11 is 0. The van der Waals surface area contributed by atoms with E-state index in [1.165, 1.54) is 6.07 Å². The van der Waals surface area contributed by atoms with Crippen LogP contribution in [0.4, 0.5) is 10.1 Å². The van der Waals surface area contributed by atoms with Gasteiger partial charge in [0, 0.05) is 35.9 Å². The summed E-state index contributed by atoms with van der Waals surface area (Å²) in [4.78, 5) is 26.1. The van der Waals surface area contributed by atoms with Gasteiger partial charge in [0.15, 0.2) is 0 Å². The minimum atomic E-state index is -0.249. The van der Waals surface area contributed by atoms with Gasteiger partial charge in [-0.3, -0.25) is 14.5 Å². The van der Waals surface area contributed by atoms with Gasteiger partial charge in [0.1, 0.15) is 5.82 Å². The average molecular weight is 369 g/mol. The summed E-state index contributed by atoms with van der Waals surface area (Å²) in [5.41, 5.74) is 1.76. The Labute approximate surface area is 158 Å². The Kier molecular flexibility index (Phi) is 5.86. The van der Waals surface area contributed by atoms with Crippen LogP contribution >= 0.6 is 0 Å².